The normalized spacial score (nSPS) is 13.8. The number of aryl methyl sites for hydroxylation is 2. The van der Waals surface area contributed by atoms with Crippen molar-refractivity contribution in [1.29, 1.82) is 0 Å². The second-order valence-electron chi connectivity index (χ2n) is 11.4. The number of carbonyl (C=O) groups excluding carboxylic acids is 2. The Morgan fingerprint density at radius 3 is 1.56 bits per heavy atom. The Morgan fingerprint density at radius 1 is 0.720 bits per heavy atom. The molecule has 0 saturated carbocycles. The number of nitrogens with one attached hydrogen (secondary N) is 2. The minimum atomic E-state index is -0.785. The zero-order chi connectivity index (χ0) is 34.7. The third-order valence-electron chi connectivity index (χ3n) is 7.76. The Hall–Kier alpha value is -6.06. The summed E-state index contributed by atoms with van der Waals surface area (Å²) < 4.78 is 3.62. The average molecular weight is 681 g/mol. The highest BCUT2D eigenvalue weighted by molar-refractivity contribution is 5.95. The molecular formula is C34H40N12O4. The first-order valence-electron chi connectivity index (χ1n) is 16.7. The van der Waals surface area contributed by atoms with E-state index >= 15 is 0 Å². The first-order valence-corrected chi connectivity index (χ1v) is 16.7. The Kier molecular flexibility index (Phi) is 11.1. The molecule has 0 aliphatic carbocycles. The lowest BCUT2D eigenvalue weighted by Gasteiger charge is -2.25. The van der Waals surface area contributed by atoms with Crippen molar-refractivity contribution in [1.82, 2.24) is 40.2 Å². The molecule has 50 heavy (non-hydrogen) atoms. The number of nitrogens with zero attached hydrogens (tertiary/aromatic N) is 10. The molecule has 0 atom stereocenters. The lowest BCUT2D eigenvalue weighted by atomic mass is 10.1. The fourth-order valence-corrected chi connectivity index (χ4v) is 5.58. The monoisotopic (exact) mass is 680 g/mol. The average Bonchev–Trinajstić information content (AvgIpc) is 3.97. The molecule has 6 rings (SSSR count). The van der Waals surface area contributed by atoms with Gasteiger partial charge in [-0.05, 0) is 37.1 Å². The number of carbonyl (C=O) groups is 2. The maximum atomic E-state index is 13.3. The summed E-state index contributed by atoms with van der Waals surface area (Å²) in [5.41, 5.74) is 2.62. The molecular weight excluding hydrogens is 640 g/mol. The summed E-state index contributed by atoms with van der Waals surface area (Å²) in [6, 6.07) is 14.9. The number of aromatic nitrogens is 6. The number of anilines is 2. The predicted molar refractivity (Wildman–Crippen MR) is 188 cm³/mol. The number of hydroxylamine groups is 2. The van der Waals surface area contributed by atoms with E-state index in [0.717, 1.165) is 36.1 Å². The Balaban J connectivity index is 1.22. The van der Waals surface area contributed by atoms with Crippen LogP contribution in [-0.2, 0) is 32.4 Å². The van der Waals surface area contributed by atoms with Crippen molar-refractivity contribution in [2.45, 2.75) is 39.8 Å². The van der Waals surface area contributed by atoms with E-state index in [1.807, 2.05) is 57.9 Å². The van der Waals surface area contributed by atoms with Crippen molar-refractivity contribution in [3.63, 3.8) is 0 Å². The Morgan fingerprint density at radius 2 is 1.16 bits per heavy atom. The van der Waals surface area contributed by atoms with Crippen LogP contribution in [0.4, 0.5) is 11.4 Å². The Labute approximate surface area is 289 Å². The molecule has 0 radical (unpaired) electrons. The standard InChI is InChI=1S/C34H40N12O4/c1-3-19-43-33(39-23-41-43)25-9-5-7-11-27(25)45(21-29-35-15-16-36-29)49-31(47)13-14-32(48)50-46(22-30-37-17-18-38-30)28-12-8-6-10-26(28)34-40-24-42-44(34)20-4-2/h5-14,23-24H,3-4,15-22H2,1-2H3,(H,35,36)(H,37,38)/b14-13+. The number of hydrogen-bond donors (Lipinski definition) is 2. The van der Waals surface area contributed by atoms with Gasteiger partial charge in [-0.1, -0.05) is 38.1 Å². The van der Waals surface area contributed by atoms with Crippen molar-refractivity contribution in [3.05, 3.63) is 73.3 Å². The van der Waals surface area contributed by atoms with E-state index in [4.69, 9.17) is 9.68 Å². The van der Waals surface area contributed by atoms with Gasteiger partial charge in [-0.3, -0.25) is 9.98 Å². The maximum absolute atomic E-state index is 13.3. The van der Waals surface area contributed by atoms with Gasteiger partial charge in [-0.15, -0.1) is 0 Å². The minimum Gasteiger partial charge on any atom is -0.370 e. The molecule has 16 heteroatoms. The molecule has 0 unspecified atom stereocenters. The first-order chi connectivity index (χ1) is 24.5. The number of hydrogen-bond acceptors (Lipinski definition) is 14. The van der Waals surface area contributed by atoms with Gasteiger partial charge in [-0.2, -0.15) is 20.3 Å². The van der Waals surface area contributed by atoms with Crippen LogP contribution >= 0.6 is 0 Å². The number of para-hydroxylation sites is 2. The molecule has 0 bridgehead atoms. The summed E-state index contributed by atoms with van der Waals surface area (Å²) in [6.45, 7) is 8.40. The molecule has 2 aliphatic heterocycles. The van der Waals surface area contributed by atoms with E-state index in [1.54, 1.807) is 0 Å². The van der Waals surface area contributed by atoms with Gasteiger partial charge >= 0.3 is 11.9 Å². The SMILES string of the molecule is CCCn1ncnc1-c1ccccc1N(CC1=NCCN1)OC(=O)/C=C/C(=O)ON(CC1=NCCN1)c1ccccc1-c1ncnn1CCC. The molecule has 260 valence electrons. The van der Waals surface area contributed by atoms with Crippen molar-refractivity contribution in [2.75, 3.05) is 49.4 Å². The van der Waals surface area contributed by atoms with Crippen LogP contribution in [0, 0.1) is 0 Å². The van der Waals surface area contributed by atoms with E-state index < -0.39 is 11.9 Å². The topological polar surface area (TPSA) is 169 Å². The zero-order valence-corrected chi connectivity index (χ0v) is 28.1. The minimum absolute atomic E-state index is 0.158. The summed E-state index contributed by atoms with van der Waals surface area (Å²) >= 11 is 0. The quantitative estimate of drug-likeness (QED) is 0.131. The third-order valence-corrected chi connectivity index (χ3v) is 7.76. The second kappa shape index (κ2) is 16.4. The molecule has 4 heterocycles. The van der Waals surface area contributed by atoms with Crippen LogP contribution in [0.3, 0.4) is 0 Å². The summed E-state index contributed by atoms with van der Waals surface area (Å²) in [4.78, 5) is 56.2. The van der Waals surface area contributed by atoms with Crippen LogP contribution in [-0.4, -0.2) is 92.4 Å². The summed E-state index contributed by atoms with van der Waals surface area (Å²) in [5.74, 6) is 1.04. The molecule has 2 aromatic carbocycles. The third kappa shape index (κ3) is 8.14. The van der Waals surface area contributed by atoms with Crippen LogP contribution in [0.15, 0.2) is 83.3 Å². The van der Waals surface area contributed by atoms with E-state index in [9.17, 15) is 9.59 Å². The van der Waals surface area contributed by atoms with Gasteiger partial charge in [0.1, 0.15) is 37.4 Å². The fraction of sp³-hybridized carbons (Fsp3) is 0.353. The van der Waals surface area contributed by atoms with E-state index in [2.05, 4.69) is 54.6 Å². The molecule has 0 spiro atoms. The molecule has 0 saturated heterocycles. The van der Waals surface area contributed by atoms with Crippen molar-refractivity contribution >= 4 is 35.0 Å². The van der Waals surface area contributed by atoms with Gasteiger partial charge in [0.2, 0.25) is 0 Å². The van der Waals surface area contributed by atoms with Crippen LogP contribution in [0.25, 0.3) is 22.8 Å². The van der Waals surface area contributed by atoms with Crippen molar-refractivity contribution in [3.8, 4) is 22.8 Å². The Bertz CT molecular complexity index is 1750. The van der Waals surface area contributed by atoms with E-state index in [1.165, 1.54) is 22.8 Å². The van der Waals surface area contributed by atoms with Gasteiger partial charge in [0.15, 0.2) is 11.6 Å². The predicted octanol–water partition coefficient (Wildman–Crippen LogP) is 2.81. The van der Waals surface area contributed by atoms with Crippen LogP contribution < -0.4 is 20.8 Å². The van der Waals surface area contributed by atoms with Gasteiger partial charge in [0.05, 0.1) is 24.5 Å². The highest BCUT2D eigenvalue weighted by Gasteiger charge is 2.24. The van der Waals surface area contributed by atoms with E-state index in [0.29, 0.717) is 74.0 Å². The zero-order valence-electron chi connectivity index (χ0n) is 28.1. The van der Waals surface area contributed by atoms with Gasteiger partial charge in [0.25, 0.3) is 0 Å². The molecule has 0 amide bonds. The van der Waals surface area contributed by atoms with E-state index in [-0.39, 0.29) is 13.1 Å². The van der Waals surface area contributed by atoms with Crippen molar-refractivity contribution in [2.24, 2.45) is 9.98 Å². The number of rotatable bonds is 16. The van der Waals surface area contributed by atoms with Crippen LogP contribution in [0.1, 0.15) is 26.7 Å². The molecule has 2 aliphatic rings. The molecule has 4 aromatic rings. The number of amidine groups is 2. The van der Waals surface area contributed by atoms with Gasteiger partial charge in [-0.25, -0.2) is 28.9 Å². The second-order valence-corrected chi connectivity index (χ2v) is 11.4. The maximum Gasteiger partial charge on any atom is 0.356 e. The lowest BCUT2D eigenvalue weighted by Crippen LogP contribution is -2.37. The molecule has 16 nitrogen and oxygen atoms in total. The first kappa shape index (κ1) is 33.8. The summed E-state index contributed by atoms with van der Waals surface area (Å²) in [7, 11) is 0. The summed E-state index contributed by atoms with van der Waals surface area (Å²) in [6.07, 6.45) is 6.81. The highest BCUT2D eigenvalue weighted by atomic mass is 16.7. The fourth-order valence-electron chi connectivity index (χ4n) is 5.58. The van der Waals surface area contributed by atoms with Gasteiger partial charge < -0.3 is 20.3 Å². The molecule has 0 fully saturated rings. The van der Waals surface area contributed by atoms with Gasteiger partial charge in [0, 0.05) is 49.5 Å². The van der Waals surface area contributed by atoms with Crippen LogP contribution in [0.5, 0.6) is 0 Å². The van der Waals surface area contributed by atoms with Crippen LogP contribution in [0.2, 0.25) is 0 Å². The highest BCUT2D eigenvalue weighted by Crippen LogP contribution is 2.31. The smallest absolute Gasteiger partial charge is 0.356 e. The van der Waals surface area contributed by atoms with Crippen molar-refractivity contribution < 1.29 is 19.3 Å². The number of aliphatic imine (C=N–C) groups is 2. The largest absolute Gasteiger partial charge is 0.370 e. The number of benzene rings is 2. The lowest BCUT2D eigenvalue weighted by molar-refractivity contribution is -0.141. The molecule has 2 N–H and O–H groups in total. The summed E-state index contributed by atoms with van der Waals surface area (Å²) in [5, 5.41) is 18.0. The molecule has 2 aromatic heterocycles.